The van der Waals surface area contributed by atoms with E-state index >= 15 is 0 Å². The molecule has 0 unspecified atom stereocenters. The van der Waals surface area contributed by atoms with Crippen LogP contribution in [0.2, 0.25) is 5.02 Å². The number of benzene rings is 3. The molecule has 0 saturated carbocycles. The van der Waals surface area contributed by atoms with Crippen molar-refractivity contribution in [2.75, 3.05) is 11.4 Å². The van der Waals surface area contributed by atoms with Gasteiger partial charge in [0.1, 0.15) is 12.4 Å². The van der Waals surface area contributed by atoms with E-state index in [-0.39, 0.29) is 24.3 Å². The fraction of sp³-hybridized carbons (Fsp3) is 0.120. The van der Waals surface area contributed by atoms with Crippen molar-refractivity contribution in [3.63, 3.8) is 0 Å². The van der Waals surface area contributed by atoms with E-state index in [0.29, 0.717) is 10.2 Å². The molecule has 0 radical (unpaired) electrons. The minimum atomic E-state index is -0.295. The van der Waals surface area contributed by atoms with E-state index in [1.54, 1.807) is 24.3 Å². The van der Waals surface area contributed by atoms with E-state index in [2.05, 4.69) is 5.32 Å². The van der Waals surface area contributed by atoms with Crippen LogP contribution in [0, 0.1) is 5.82 Å². The van der Waals surface area contributed by atoms with Crippen molar-refractivity contribution in [3.8, 4) is 11.3 Å². The zero-order valence-corrected chi connectivity index (χ0v) is 18.9. The van der Waals surface area contributed by atoms with E-state index in [9.17, 15) is 9.18 Å². The zero-order chi connectivity index (χ0) is 22.5. The largest absolute Gasteiger partial charge is 0.348 e. The molecule has 0 saturated heterocycles. The summed E-state index contributed by atoms with van der Waals surface area (Å²) >= 11 is 7.48. The fourth-order valence-electron chi connectivity index (χ4n) is 3.29. The lowest BCUT2D eigenvalue weighted by molar-refractivity contribution is -0.120. The number of carbonyl (C=O) groups is 1. The number of anilines is 2. The van der Waals surface area contributed by atoms with Gasteiger partial charge in [0.15, 0.2) is 5.13 Å². The van der Waals surface area contributed by atoms with Crippen LogP contribution in [0.1, 0.15) is 18.5 Å². The molecule has 1 heterocycles. The molecule has 4 rings (SSSR count). The maximum Gasteiger partial charge on any atom is 0.240 e. The summed E-state index contributed by atoms with van der Waals surface area (Å²) in [6.45, 7) is 2.05. The standard InChI is InChI=1S/C25H21ClFN3OS/c1-17(18-5-3-2-4-6-18)28-24(31)15-30(22-13-9-20(26)10-14-22)25-29-23(16-32-25)19-7-11-21(27)12-8-19/h2-14,16-17H,15H2,1H3,(H,28,31)/t17-/m0/s1. The predicted octanol–water partition coefficient (Wildman–Crippen LogP) is 6.62. The Balaban J connectivity index is 1.57. The zero-order valence-electron chi connectivity index (χ0n) is 17.3. The molecular formula is C25H21ClFN3OS. The highest BCUT2D eigenvalue weighted by Crippen LogP contribution is 2.32. The van der Waals surface area contributed by atoms with Crippen molar-refractivity contribution < 1.29 is 9.18 Å². The number of hydrogen-bond acceptors (Lipinski definition) is 4. The highest BCUT2D eigenvalue weighted by molar-refractivity contribution is 7.14. The molecule has 0 aliphatic carbocycles. The Labute approximate surface area is 195 Å². The maximum atomic E-state index is 13.3. The van der Waals surface area contributed by atoms with Crippen molar-refractivity contribution in [1.29, 1.82) is 0 Å². The topological polar surface area (TPSA) is 45.2 Å². The summed E-state index contributed by atoms with van der Waals surface area (Å²) in [5.41, 5.74) is 3.37. The van der Waals surface area contributed by atoms with Crippen LogP contribution in [-0.4, -0.2) is 17.4 Å². The van der Waals surface area contributed by atoms with Crippen molar-refractivity contribution in [2.24, 2.45) is 0 Å². The predicted molar refractivity (Wildman–Crippen MR) is 129 cm³/mol. The van der Waals surface area contributed by atoms with Crippen molar-refractivity contribution in [3.05, 3.63) is 101 Å². The van der Waals surface area contributed by atoms with E-state index in [4.69, 9.17) is 16.6 Å². The van der Waals surface area contributed by atoms with Gasteiger partial charge in [0.25, 0.3) is 0 Å². The first-order valence-electron chi connectivity index (χ1n) is 10.1. The lowest BCUT2D eigenvalue weighted by Crippen LogP contribution is -2.36. The smallest absolute Gasteiger partial charge is 0.240 e. The highest BCUT2D eigenvalue weighted by atomic mass is 35.5. The van der Waals surface area contributed by atoms with Gasteiger partial charge in [-0.15, -0.1) is 11.3 Å². The molecule has 7 heteroatoms. The average molecular weight is 466 g/mol. The van der Waals surface area contributed by atoms with Crippen LogP contribution in [0.5, 0.6) is 0 Å². The third-order valence-corrected chi connectivity index (χ3v) is 6.10. The molecule has 3 aromatic carbocycles. The van der Waals surface area contributed by atoms with Gasteiger partial charge in [0.05, 0.1) is 11.7 Å². The van der Waals surface area contributed by atoms with E-state index in [1.165, 1.54) is 23.5 Å². The summed E-state index contributed by atoms with van der Waals surface area (Å²) in [7, 11) is 0. The molecule has 4 aromatic rings. The molecule has 1 amide bonds. The third kappa shape index (κ3) is 5.33. The average Bonchev–Trinajstić information content (AvgIpc) is 3.29. The fourth-order valence-corrected chi connectivity index (χ4v) is 4.27. The van der Waals surface area contributed by atoms with E-state index in [1.807, 2.05) is 59.7 Å². The minimum Gasteiger partial charge on any atom is -0.348 e. The van der Waals surface area contributed by atoms with Crippen LogP contribution in [0.3, 0.4) is 0 Å². The van der Waals surface area contributed by atoms with Crippen LogP contribution in [0.25, 0.3) is 11.3 Å². The lowest BCUT2D eigenvalue weighted by Gasteiger charge is -2.23. The Morgan fingerprint density at radius 1 is 1.06 bits per heavy atom. The summed E-state index contributed by atoms with van der Waals surface area (Å²) in [5, 5.41) is 6.22. The number of nitrogens with zero attached hydrogens (tertiary/aromatic N) is 2. The number of carbonyl (C=O) groups excluding carboxylic acids is 1. The molecule has 1 aromatic heterocycles. The second-order valence-electron chi connectivity index (χ2n) is 7.28. The number of thiazole rings is 1. The van der Waals surface area contributed by atoms with Crippen LogP contribution < -0.4 is 10.2 Å². The number of halogens is 2. The van der Waals surface area contributed by atoms with Crippen molar-refractivity contribution in [1.82, 2.24) is 10.3 Å². The minimum absolute atomic E-state index is 0.0924. The van der Waals surface area contributed by atoms with Gasteiger partial charge < -0.3 is 10.2 Å². The molecular weight excluding hydrogens is 445 g/mol. The normalized spacial score (nSPS) is 11.7. The van der Waals surface area contributed by atoms with Crippen LogP contribution in [-0.2, 0) is 4.79 Å². The first kappa shape index (κ1) is 22.0. The first-order valence-corrected chi connectivity index (χ1v) is 11.3. The van der Waals surface area contributed by atoms with Gasteiger partial charge >= 0.3 is 0 Å². The number of aromatic nitrogens is 1. The van der Waals surface area contributed by atoms with Gasteiger partial charge in [-0.05, 0) is 61.0 Å². The van der Waals surface area contributed by atoms with Crippen LogP contribution in [0.15, 0.2) is 84.2 Å². The molecule has 1 atom stereocenters. The number of rotatable bonds is 7. The number of hydrogen-bond donors (Lipinski definition) is 1. The Morgan fingerprint density at radius 3 is 2.44 bits per heavy atom. The lowest BCUT2D eigenvalue weighted by atomic mass is 10.1. The van der Waals surface area contributed by atoms with Crippen LogP contribution >= 0.6 is 22.9 Å². The van der Waals surface area contributed by atoms with E-state index < -0.39 is 0 Å². The van der Waals surface area contributed by atoms with E-state index in [0.717, 1.165) is 22.5 Å². The van der Waals surface area contributed by atoms with Gasteiger partial charge in [0.2, 0.25) is 5.91 Å². The molecule has 4 nitrogen and oxygen atoms in total. The van der Waals surface area contributed by atoms with Gasteiger partial charge in [-0.3, -0.25) is 4.79 Å². The molecule has 1 N–H and O–H groups in total. The third-order valence-electron chi connectivity index (χ3n) is 4.98. The molecule has 0 bridgehead atoms. The van der Waals surface area contributed by atoms with Crippen LogP contribution in [0.4, 0.5) is 15.2 Å². The number of nitrogens with one attached hydrogen (secondary N) is 1. The summed E-state index contributed by atoms with van der Waals surface area (Å²) < 4.78 is 13.3. The second-order valence-corrected chi connectivity index (χ2v) is 8.56. The maximum absolute atomic E-state index is 13.3. The summed E-state index contributed by atoms with van der Waals surface area (Å²) in [5.74, 6) is -0.425. The molecule has 0 aliphatic rings. The molecule has 162 valence electrons. The van der Waals surface area contributed by atoms with Gasteiger partial charge in [-0.25, -0.2) is 9.37 Å². The second kappa shape index (κ2) is 9.94. The van der Waals surface area contributed by atoms with Gasteiger partial charge in [-0.2, -0.15) is 0 Å². The Hall–Kier alpha value is -3.22. The van der Waals surface area contributed by atoms with Gasteiger partial charge in [-0.1, -0.05) is 41.9 Å². The number of amides is 1. The van der Waals surface area contributed by atoms with Gasteiger partial charge in [0, 0.05) is 21.7 Å². The molecule has 0 fully saturated rings. The first-order chi connectivity index (χ1) is 15.5. The summed E-state index contributed by atoms with van der Waals surface area (Å²) in [4.78, 5) is 19.5. The molecule has 0 spiro atoms. The molecule has 32 heavy (non-hydrogen) atoms. The summed E-state index contributed by atoms with van der Waals surface area (Å²) in [6.07, 6.45) is 0. The van der Waals surface area contributed by atoms with Crippen molar-refractivity contribution in [2.45, 2.75) is 13.0 Å². The monoisotopic (exact) mass is 465 g/mol. The highest BCUT2D eigenvalue weighted by Gasteiger charge is 2.19. The Kier molecular flexibility index (Phi) is 6.83. The Bertz CT molecular complexity index is 1180. The Morgan fingerprint density at radius 2 is 1.75 bits per heavy atom. The SMILES string of the molecule is C[C@H](NC(=O)CN(c1ccc(Cl)cc1)c1nc(-c2ccc(F)cc2)cs1)c1ccccc1. The van der Waals surface area contributed by atoms with Crippen molar-refractivity contribution >= 4 is 39.7 Å². The quantitative estimate of drug-likeness (QED) is 0.333. The molecule has 0 aliphatic heterocycles. The summed E-state index contributed by atoms with van der Waals surface area (Å²) in [6, 6.07) is 23.2.